The highest BCUT2D eigenvalue weighted by atomic mass is 79.9. The first-order chi connectivity index (χ1) is 11.6. The van der Waals surface area contributed by atoms with E-state index in [1.54, 1.807) is 24.3 Å². The van der Waals surface area contributed by atoms with Crippen LogP contribution in [0.1, 0.15) is 27.7 Å². The number of pyridine rings is 1. The lowest BCUT2D eigenvalue weighted by Gasteiger charge is -2.26. The van der Waals surface area contributed by atoms with Crippen molar-refractivity contribution in [1.82, 2.24) is 9.88 Å². The fourth-order valence-electron chi connectivity index (χ4n) is 2.26. The number of carbonyl (C=O) groups is 2. The van der Waals surface area contributed by atoms with Crippen molar-refractivity contribution in [1.29, 1.82) is 0 Å². The zero-order valence-corrected chi connectivity index (χ0v) is 14.5. The highest BCUT2D eigenvalue weighted by Crippen LogP contribution is 2.28. The van der Waals surface area contributed by atoms with E-state index in [0.717, 1.165) is 17.2 Å². The van der Waals surface area contributed by atoms with Gasteiger partial charge in [-0.25, -0.2) is 0 Å². The summed E-state index contributed by atoms with van der Waals surface area (Å²) >= 11 is 3.27. The van der Waals surface area contributed by atoms with Gasteiger partial charge in [0.2, 0.25) is 5.91 Å². The number of nitrogens with zero attached hydrogens (tertiary/aromatic N) is 2. The van der Waals surface area contributed by atoms with Crippen LogP contribution in [0.15, 0.2) is 47.1 Å². The lowest BCUT2D eigenvalue weighted by molar-refractivity contribution is -0.141. The first-order valence-electron chi connectivity index (χ1n) is 6.96. The van der Waals surface area contributed by atoms with Crippen LogP contribution in [0.5, 0.6) is 0 Å². The molecule has 0 aliphatic heterocycles. The molecule has 2 amide bonds. The molecule has 1 atom stereocenters. The van der Waals surface area contributed by atoms with Gasteiger partial charge in [0.1, 0.15) is 11.7 Å². The minimum atomic E-state index is -4.60. The number of rotatable bonds is 4. The number of alkyl halides is 3. The predicted molar refractivity (Wildman–Crippen MR) is 87.4 cm³/mol. The van der Waals surface area contributed by atoms with E-state index < -0.39 is 29.7 Å². The molecule has 0 fully saturated rings. The Kier molecular flexibility index (Phi) is 5.46. The standard InChI is InChI=1S/C16H13BrF3N3O2/c1-23(13(14(21)24)9-3-2-4-11(17)7-9)15(25)10-5-6-12(22-8-10)16(18,19)20/h2-8,13H,1H3,(H2,21,24). The molecule has 25 heavy (non-hydrogen) atoms. The lowest BCUT2D eigenvalue weighted by Crippen LogP contribution is -2.39. The maximum absolute atomic E-state index is 12.5. The summed E-state index contributed by atoms with van der Waals surface area (Å²) in [5.74, 6) is -1.45. The van der Waals surface area contributed by atoms with Gasteiger partial charge in [0.25, 0.3) is 5.91 Å². The third-order valence-corrected chi connectivity index (χ3v) is 3.94. The van der Waals surface area contributed by atoms with E-state index in [2.05, 4.69) is 20.9 Å². The molecule has 0 spiro atoms. The van der Waals surface area contributed by atoms with Crippen LogP contribution in [-0.2, 0) is 11.0 Å². The molecule has 0 saturated heterocycles. The van der Waals surface area contributed by atoms with Crippen LogP contribution in [0, 0.1) is 0 Å². The van der Waals surface area contributed by atoms with E-state index >= 15 is 0 Å². The van der Waals surface area contributed by atoms with Crippen LogP contribution in [-0.4, -0.2) is 28.7 Å². The summed E-state index contributed by atoms with van der Waals surface area (Å²) in [6, 6.07) is 7.30. The second-order valence-electron chi connectivity index (χ2n) is 5.21. The minimum absolute atomic E-state index is 0.0863. The van der Waals surface area contributed by atoms with E-state index in [0.29, 0.717) is 16.1 Å². The quantitative estimate of drug-likeness (QED) is 0.832. The number of primary amides is 1. The van der Waals surface area contributed by atoms with Gasteiger partial charge in [-0.15, -0.1) is 0 Å². The van der Waals surface area contributed by atoms with Crippen LogP contribution in [0.3, 0.4) is 0 Å². The monoisotopic (exact) mass is 415 g/mol. The van der Waals surface area contributed by atoms with Gasteiger partial charge in [0.05, 0.1) is 5.56 Å². The fourth-order valence-corrected chi connectivity index (χ4v) is 2.68. The molecule has 2 rings (SSSR count). The molecule has 2 N–H and O–H groups in total. The van der Waals surface area contributed by atoms with Crippen LogP contribution >= 0.6 is 15.9 Å². The summed E-state index contributed by atoms with van der Waals surface area (Å²) in [5, 5.41) is 0. The molecule has 0 aliphatic carbocycles. The number of carbonyl (C=O) groups excluding carboxylic acids is 2. The second-order valence-corrected chi connectivity index (χ2v) is 6.12. The van der Waals surface area contributed by atoms with Gasteiger partial charge >= 0.3 is 6.18 Å². The second kappa shape index (κ2) is 7.22. The summed E-state index contributed by atoms with van der Waals surface area (Å²) in [6.07, 6.45) is -3.78. The van der Waals surface area contributed by atoms with Crippen LogP contribution in [0.25, 0.3) is 0 Å². The van der Waals surface area contributed by atoms with Crippen molar-refractivity contribution in [2.24, 2.45) is 5.73 Å². The third kappa shape index (κ3) is 4.36. The van der Waals surface area contributed by atoms with Crippen LogP contribution in [0.4, 0.5) is 13.2 Å². The number of nitrogens with two attached hydrogens (primary N) is 1. The number of likely N-dealkylation sites (N-methyl/N-ethyl adjacent to an activating group) is 1. The van der Waals surface area contributed by atoms with Crippen molar-refractivity contribution in [2.75, 3.05) is 7.05 Å². The maximum Gasteiger partial charge on any atom is 0.433 e. The molecule has 5 nitrogen and oxygen atoms in total. The highest BCUT2D eigenvalue weighted by Gasteiger charge is 2.33. The summed E-state index contributed by atoms with van der Waals surface area (Å²) in [6.45, 7) is 0. The van der Waals surface area contributed by atoms with Crippen LogP contribution < -0.4 is 5.73 Å². The Hall–Kier alpha value is -2.42. The number of aromatic nitrogens is 1. The van der Waals surface area contributed by atoms with Gasteiger partial charge in [0, 0.05) is 17.7 Å². The van der Waals surface area contributed by atoms with Gasteiger partial charge < -0.3 is 10.6 Å². The highest BCUT2D eigenvalue weighted by molar-refractivity contribution is 9.10. The van der Waals surface area contributed by atoms with Gasteiger partial charge in [-0.1, -0.05) is 28.1 Å². The van der Waals surface area contributed by atoms with Gasteiger partial charge in [0.15, 0.2) is 0 Å². The van der Waals surface area contributed by atoms with Gasteiger partial charge in [-0.2, -0.15) is 13.2 Å². The first-order valence-corrected chi connectivity index (χ1v) is 7.75. The summed E-state index contributed by atoms with van der Waals surface area (Å²) in [4.78, 5) is 28.6. The van der Waals surface area contributed by atoms with E-state index in [1.165, 1.54) is 7.05 Å². The summed E-state index contributed by atoms with van der Waals surface area (Å²) in [7, 11) is 1.34. The van der Waals surface area contributed by atoms with E-state index in [-0.39, 0.29) is 5.56 Å². The van der Waals surface area contributed by atoms with Crippen molar-refractivity contribution >= 4 is 27.7 Å². The third-order valence-electron chi connectivity index (χ3n) is 3.44. The number of benzene rings is 1. The minimum Gasteiger partial charge on any atom is -0.368 e. The van der Waals surface area contributed by atoms with E-state index in [1.807, 2.05) is 0 Å². The molecular weight excluding hydrogens is 403 g/mol. The molecule has 1 unspecified atom stereocenters. The molecule has 1 aromatic heterocycles. The van der Waals surface area contributed by atoms with E-state index in [4.69, 9.17) is 5.73 Å². The molecule has 1 heterocycles. The molecule has 2 aromatic rings. The number of hydrogen-bond acceptors (Lipinski definition) is 3. The van der Waals surface area contributed by atoms with Crippen molar-refractivity contribution < 1.29 is 22.8 Å². The number of halogens is 4. The molecule has 9 heteroatoms. The largest absolute Gasteiger partial charge is 0.433 e. The van der Waals surface area contributed by atoms with Crippen LogP contribution in [0.2, 0.25) is 0 Å². The predicted octanol–water partition coefficient (Wildman–Crippen LogP) is 3.16. The molecule has 0 radical (unpaired) electrons. The Bertz CT molecular complexity index is 794. The first kappa shape index (κ1) is 18.9. The van der Waals surface area contributed by atoms with E-state index in [9.17, 15) is 22.8 Å². The molecule has 132 valence electrons. The zero-order chi connectivity index (χ0) is 18.8. The fraction of sp³-hybridized carbons (Fsp3) is 0.188. The normalized spacial score (nSPS) is 12.5. The van der Waals surface area contributed by atoms with Crippen molar-refractivity contribution in [2.45, 2.75) is 12.2 Å². The maximum atomic E-state index is 12.5. The van der Waals surface area contributed by atoms with Gasteiger partial charge in [-0.05, 0) is 29.8 Å². The molecule has 0 bridgehead atoms. The molecular formula is C16H13BrF3N3O2. The SMILES string of the molecule is CN(C(=O)c1ccc(C(F)(F)F)nc1)C(C(N)=O)c1cccc(Br)c1. The summed E-state index contributed by atoms with van der Waals surface area (Å²) in [5.41, 5.74) is 4.68. The molecule has 1 aromatic carbocycles. The molecule has 0 saturated carbocycles. The van der Waals surface area contributed by atoms with Crippen molar-refractivity contribution in [3.63, 3.8) is 0 Å². The average molecular weight is 416 g/mol. The Morgan fingerprint density at radius 3 is 2.40 bits per heavy atom. The Balaban J connectivity index is 2.31. The smallest absolute Gasteiger partial charge is 0.368 e. The Labute approximate surface area is 149 Å². The van der Waals surface area contributed by atoms with Crippen molar-refractivity contribution in [3.05, 3.63) is 63.9 Å². The number of amides is 2. The number of hydrogen-bond donors (Lipinski definition) is 1. The Morgan fingerprint density at radius 2 is 1.92 bits per heavy atom. The van der Waals surface area contributed by atoms with Gasteiger partial charge in [-0.3, -0.25) is 14.6 Å². The summed E-state index contributed by atoms with van der Waals surface area (Å²) < 4.78 is 38.3. The lowest BCUT2D eigenvalue weighted by atomic mass is 10.0. The zero-order valence-electron chi connectivity index (χ0n) is 12.9. The van der Waals surface area contributed by atoms with Crippen molar-refractivity contribution in [3.8, 4) is 0 Å². The molecule has 0 aliphatic rings. The topological polar surface area (TPSA) is 76.3 Å². The Morgan fingerprint density at radius 1 is 1.24 bits per heavy atom. The average Bonchev–Trinajstić information content (AvgIpc) is 2.53.